The van der Waals surface area contributed by atoms with E-state index in [-0.39, 0.29) is 25.2 Å². The van der Waals surface area contributed by atoms with Crippen LogP contribution >= 0.6 is 0 Å². The number of likely N-dealkylation sites (tertiary alicyclic amines) is 1. The smallest absolute Gasteiger partial charge is 0.343 e. The number of halogens is 3. The van der Waals surface area contributed by atoms with Crippen LogP contribution in [-0.4, -0.2) is 54.1 Å². The highest BCUT2D eigenvalue weighted by Crippen LogP contribution is 2.39. The molecule has 0 N–H and O–H groups in total. The van der Waals surface area contributed by atoms with Gasteiger partial charge in [0.25, 0.3) is 0 Å². The van der Waals surface area contributed by atoms with E-state index >= 15 is 0 Å². The highest BCUT2D eigenvalue weighted by molar-refractivity contribution is 5.80. The van der Waals surface area contributed by atoms with E-state index in [1.165, 1.54) is 4.90 Å². The molecule has 19 heavy (non-hydrogen) atoms. The molecule has 3 nitrogen and oxygen atoms in total. The fraction of sp³-hybridized carbons (Fsp3) is 0.923. The normalized spacial score (nSPS) is 25.4. The molecule has 2 unspecified atom stereocenters. The topological polar surface area (TPSA) is 23.6 Å². The van der Waals surface area contributed by atoms with Gasteiger partial charge in [0.1, 0.15) is 0 Å². The molecule has 0 saturated carbocycles. The van der Waals surface area contributed by atoms with E-state index in [2.05, 4.69) is 0 Å². The van der Waals surface area contributed by atoms with E-state index in [0.717, 1.165) is 0 Å². The molecule has 0 aromatic rings. The SMILES string of the molecule is CC(C)N1CC(C(=O)N(C)C(C)C)C(C(F)(F)F)C1. The fourth-order valence-electron chi connectivity index (χ4n) is 2.35. The van der Waals surface area contributed by atoms with Crippen molar-refractivity contribution in [3.63, 3.8) is 0 Å². The molecule has 0 bridgehead atoms. The molecule has 2 atom stereocenters. The van der Waals surface area contributed by atoms with Crippen LogP contribution in [0.25, 0.3) is 0 Å². The van der Waals surface area contributed by atoms with E-state index in [0.29, 0.717) is 0 Å². The van der Waals surface area contributed by atoms with Gasteiger partial charge in [-0.1, -0.05) is 0 Å². The molecule has 0 aliphatic carbocycles. The first kappa shape index (κ1) is 16.3. The molecule has 1 aliphatic heterocycles. The van der Waals surface area contributed by atoms with E-state index in [4.69, 9.17) is 0 Å². The fourth-order valence-corrected chi connectivity index (χ4v) is 2.35. The third-order valence-corrected chi connectivity index (χ3v) is 3.94. The molecule has 0 radical (unpaired) electrons. The summed E-state index contributed by atoms with van der Waals surface area (Å²) in [5.74, 6) is -2.93. The Labute approximate surface area is 112 Å². The monoisotopic (exact) mass is 280 g/mol. The maximum absolute atomic E-state index is 13.1. The van der Waals surface area contributed by atoms with Crippen LogP contribution in [0, 0.1) is 11.8 Å². The van der Waals surface area contributed by atoms with Crippen molar-refractivity contribution >= 4 is 5.91 Å². The van der Waals surface area contributed by atoms with E-state index in [9.17, 15) is 18.0 Å². The third-order valence-electron chi connectivity index (χ3n) is 3.94. The van der Waals surface area contributed by atoms with Gasteiger partial charge in [-0.25, -0.2) is 0 Å². The zero-order valence-corrected chi connectivity index (χ0v) is 12.2. The Morgan fingerprint density at radius 1 is 1.21 bits per heavy atom. The molecular formula is C13H23F3N2O. The van der Waals surface area contributed by atoms with Crippen LogP contribution in [-0.2, 0) is 4.79 Å². The first-order chi connectivity index (χ1) is 8.55. The molecule has 0 spiro atoms. The van der Waals surface area contributed by atoms with Gasteiger partial charge >= 0.3 is 6.18 Å². The highest BCUT2D eigenvalue weighted by Gasteiger charge is 2.53. The van der Waals surface area contributed by atoms with Crippen LogP contribution in [0.15, 0.2) is 0 Å². The predicted octanol–water partition coefficient (Wildman–Crippen LogP) is 2.37. The summed E-state index contributed by atoms with van der Waals surface area (Å²) in [6, 6.07) is -0.0681. The largest absolute Gasteiger partial charge is 0.393 e. The van der Waals surface area contributed by atoms with Crippen LogP contribution in [0.5, 0.6) is 0 Å². The maximum Gasteiger partial charge on any atom is 0.393 e. The second-order valence-corrected chi connectivity index (χ2v) is 5.85. The van der Waals surface area contributed by atoms with E-state index < -0.39 is 23.9 Å². The highest BCUT2D eigenvalue weighted by atomic mass is 19.4. The maximum atomic E-state index is 13.1. The molecule has 112 valence electrons. The number of hydrogen-bond donors (Lipinski definition) is 0. The van der Waals surface area contributed by atoms with Gasteiger partial charge in [0, 0.05) is 32.2 Å². The summed E-state index contributed by atoms with van der Waals surface area (Å²) in [4.78, 5) is 15.4. The molecule has 1 heterocycles. The lowest BCUT2D eigenvalue weighted by atomic mass is 9.94. The molecule has 1 fully saturated rings. The third kappa shape index (κ3) is 3.61. The van der Waals surface area contributed by atoms with Gasteiger partial charge in [-0.05, 0) is 27.7 Å². The number of carbonyl (C=O) groups is 1. The van der Waals surface area contributed by atoms with E-state index in [1.54, 1.807) is 25.8 Å². The van der Waals surface area contributed by atoms with E-state index in [1.807, 2.05) is 13.8 Å². The van der Waals surface area contributed by atoms with Crippen molar-refractivity contribution in [2.75, 3.05) is 20.1 Å². The molecule has 0 aromatic carbocycles. The second kappa shape index (κ2) is 5.69. The first-order valence-electron chi connectivity index (χ1n) is 6.63. The zero-order chi connectivity index (χ0) is 15.0. The summed E-state index contributed by atoms with van der Waals surface area (Å²) >= 11 is 0. The van der Waals surface area contributed by atoms with Crippen molar-refractivity contribution in [1.82, 2.24) is 9.80 Å². The molecule has 1 rings (SSSR count). The van der Waals surface area contributed by atoms with Crippen LogP contribution in [0.2, 0.25) is 0 Å². The summed E-state index contributed by atoms with van der Waals surface area (Å²) in [6.07, 6.45) is -4.32. The lowest BCUT2D eigenvalue weighted by molar-refractivity contribution is -0.186. The van der Waals surface area contributed by atoms with Gasteiger partial charge in [0.15, 0.2) is 0 Å². The van der Waals surface area contributed by atoms with Gasteiger partial charge < -0.3 is 4.90 Å². The van der Waals surface area contributed by atoms with Gasteiger partial charge in [0.05, 0.1) is 11.8 Å². The van der Waals surface area contributed by atoms with Gasteiger partial charge in [-0.2, -0.15) is 13.2 Å². The van der Waals surface area contributed by atoms with Gasteiger partial charge in [-0.15, -0.1) is 0 Å². The summed E-state index contributed by atoms with van der Waals surface area (Å²) < 4.78 is 39.2. The predicted molar refractivity (Wildman–Crippen MR) is 67.7 cm³/mol. The second-order valence-electron chi connectivity index (χ2n) is 5.85. The van der Waals surface area contributed by atoms with Crippen molar-refractivity contribution in [2.24, 2.45) is 11.8 Å². The van der Waals surface area contributed by atoms with Crippen LogP contribution in [0.1, 0.15) is 27.7 Å². The number of alkyl halides is 3. The number of hydrogen-bond acceptors (Lipinski definition) is 2. The Hall–Kier alpha value is -0.780. The number of carbonyl (C=O) groups excluding carboxylic acids is 1. The molecule has 6 heteroatoms. The summed E-state index contributed by atoms with van der Waals surface area (Å²) in [7, 11) is 1.57. The summed E-state index contributed by atoms with van der Waals surface area (Å²) in [6.45, 7) is 7.42. The average molecular weight is 280 g/mol. The first-order valence-corrected chi connectivity index (χ1v) is 6.63. The molecule has 1 aliphatic rings. The number of amides is 1. The minimum Gasteiger partial charge on any atom is -0.343 e. The molecule has 1 saturated heterocycles. The number of rotatable bonds is 3. The minimum atomic E-state index is -4.32. The van der Waals surface area contributed by atoms with Crippen LogP contribution < -0.4 is 0 Å². The lowest BCUT2D eigenvalue weighted by Crippen LogP contribution is -2.43. The number of nitrogens with zero attached hydrogens (tertiary/aromatic N) is 2. The van der Waals surface area contributed by atoms with Gasteiger partial charge in [-0.3, -0.25) is 9.69 Å². The summed E-state index contributed by atoms with van der Waals surface area (Å²) in [5.41, 5.74) is 0. The van der Waals surface area contributed by atoms with Crippen molar-refractivity contribution in [3.05, 3.63) is 0 Å². The van der Waals surface area contributed by atoms with Crippen LogP contribution in [0.4, 0.5) is 13.2 Å². The Morgan fingerprint density at radius 3 is 2.11 bits per heavy atom. The Kier molecular flexibility index (Phi) is 4.87. The molecule has 0 aromatic heterocycles. The minimum absolute atomic E-state index is 0.0204. The standard InChI is InChI=1S/C13H23F3N2O/c1-8(2)17(5)12(19)10-6-18(9(3)4)7-11(10)13(14,15)16/h8-11H,6-7H2,1-5H3. The quantitative estimate of drug-likeness (QED) is 0.792. The average Bonchev–Trinajstić information content (AvgIpc) is 2.71. The molecular weight excluding hydrogens is 257 g/mol. The van der Waals surface area contributed by atoms with Crippen LogP contribution in [0.3, 0.4) is 0 Å². The van der Waals surface area contributed by atoms with Crippen molar-refractivity contribution in [1.29, 1.82) is 0 Å². The Bertz CT molecular complexity index is 328. The van der Waals surface area contributed by atoms with Crippen molar-refractivity contribution < 1.29 is 18.0 Å². The Balaban J connectivity index is 2.92. The van der Waals surface area contributed by atoms with Gasteiger partial charge in [0.2, 0.25) is 5.91 Å². The lowest BCUT2D eigenvalue weighted by Gasteiger charge is -2.28. The Morgan fingerprint density at radius 2 is 1.74 bits per heavy atom. The van der Waals surface area contributed by atoms with Crippen molar-refractivity contribution in [2.45, 2.75) is 46.0 Å². The van der Waals surface area contributed by atoms with Crippen molar-refractivity contribution in [3.8, 4) is 0 Å². The molecule has 1 amide bonds. The zero-order valence-electron chi connectivity index (χ0n) is 12.2. The summed E-state index contributed by atoms with van der Waals surface area (Å²) in [5, 5.41) is 0.